The van der Waals surface area contributed by atoms with Crippen LogP contribution in [0.15, 0.2) is 46.0 Å². The molecule has 2 rings (SSSR count). The fourth-order valence-corrected chi connectivity index (χ4v) is 2.09. The highest BCUT2D eigenvalue weighted by molar-refractivity contribution is 14.0. The average Bonchev–Trinajstić information content (AvgIpc) is 3.01. The molecular weight excluding hydrogens is 492 g/mol. The van der Waals surface area contributed by atoms with Gasteiger partial charge in [-0.3, -0.25) is 9.79 Å². The number of carbonyl (C=O) groups excluding carboxylic acids is 1. The van der Waals surface area contributed by atoms with Gasteiger partial charge in [-0.05, 0) is 43.7 Å². The van der Waals surface area contributed by atoms with E-state index in [1.165, 1.54) is 18.4 Å². The van der Waals surface area contributed by atoms with Crippen molar-refractivity contribution in [1.29, 1.82) is 0 Å². The van der Waals surface area contributed by atoms with Crippen LogP contribution in [0, 0.1) is 6.92 Å². The van der Waals surface area contributed by atoms with Crippen LogP contribution in [-0.2, 0) is 0 Å². The van der Waals surface area contributed by atoms with Gasteiger partial charge in [-0.2, -0.15) is 0 Å². The first-order chi connectivity index (χ1) is 12.7. The topological polar surface area (TPSA) is 102 Å². The van der Waals surface area contributed by atoms with Crippen molar-refractivity contribution in [2.24, 2.45) is 10.7 Å². The minimum atomic E-state index is -4.74. The molecule has 0 saturated carbocycles. The van der Waals surface area contributed by atoms with Crippen LogP contribution >= 0.6 is 24.0 Å². The Labute approximate surface area is 176 Å². The fraction of sp³-hybridized carbons (Fsp3) is 0.294. The second kappa shape index (κ2) is 10.8. The van der Waals surface area contributed by atoms with E-state index >= 15 is 0 Å². The van der Waals surface area contributed by atoms with Crippen LogP contribution in [0.5, 0.6) is 5.75 Å². The molecule has 0 aliphatic carbocycles. The largest absolute Gasteiger partial charge is 0.573 e. The Bertz CT molecular complexity index is 792. The van der Waals surface area contributed by atoms with E-state index in [0.29, 0.717) is 25.2 Å². The molecule has 1 heterocycles. The number of amides is 1. The molecule has 1 aromatic carbocycles. The Morgan fingerprint density at radius 2 is 1.93 bits per heavy atom. The molecule has 0 unspecified atom stereocenters. The summed E-state index contributed by atoms with van der Waals surface area (Å²) in [6.45, 7) is 2.52. The molecule has 0 atom stereocenters. The maximum absolute atomic E-state index is 12.1. The van der Waals surface area contributed by atoms with E-state index in [-0.39, 0.29) is 47.4 Å². The molecule has 7 nitrogen and oxygen atoms in total. The maximum atomic E-state index is 12.1. The molecule has 28 heavy (non-hydrogen) atoms. The predicted molar refractivity (Wildman–Crippen MR) is 109 cm³/mol. The standard InChI is InChI=1S/C17H19F3N4O3.HI/c1-11-7-10-26-14(11)15(25)22-8-2-9-23-16(21)24-12-3-5-13(6-4-12)27-17(18,19)20;/h3-7,10H,2,8-9H2,1H3,(H,22,25)(H3,21,23,24);1H. The number of hydrogen-bond acceptors (Lipinski definition) is 4. The second-order valence-electron chi connectivity index (χ2n) is 5.51. The summed E-state index contributed by atoms with van der Waals surface area (Å²) in [5.41, 5.74) is 6.93. The maximum Gasteiger partial charge on any atom is 0.573 e. The lowest BCUT2D eigenvalue weighted by atomic mass is 10.2. The molecule has 0 aliphatic rings. The van der Waals surface area contributed by atoms with Crippen molar-refractivity contribution >= 4 is 41.5 Å². The summed E-state index contributed by atoms with van der Waals surface area (Å²) in [4.78, 5) is 15.9. The number of aliphatic imine (C=N–C) groups is 1. The van der Waals surface area contributed by atoms with Gasteiger partial charge in [-0.1, -0.05) is 0 Å². The first kappa shape index (κ1) is 23.6. The van der Waals surface area contributed by atoms with Crippen LogP contribution in [0.4, 0.5) is 18.9 Å². The Hall–Kier alpha value is -2.44. The Kier molecular flexibility index (Phi) is 9.09. The van der Waals surface area contributed by atoms with Crippen LogP contribution < -0.4 is 21.1 Å². The lowest BCUT2D eigenvalue weighted by Crippen LogP contribution is -2.26. The molecule has 11 heteroatoms. The van der Waals surface area contributed by atoms with Crippen molar-refractivity contribution < 1.29 is 27.1 Å². The minimum absolute atomic E-state index is 0. The number of guanidine groups is 1. The van der Waals surface area contributed by atoms with E-state index in [2.05, 4.69) is 20.4 Å². The molecule has 0 radical (unpaired) electrons. The van der Waals surface area contributed by atoms with E-state index in [1.807, 2.05) is 0 Å². The summed E-state index contributed by atoms with van der Waals surface area (Å²) in [6, 6.07) is 6.79. The molecule has 4 N–H and O–H groups in total. The van der Waals surface area contributed by atoms with Gasteiger partial charge < -0.3 is 25.5 Å². The van der Waals surface area contributed by atoms with Crippen LogP contribution in [0.1, 0.15) is 22.5 Å². The van der Waals surface area contributed by atoms with Crippen LogP contribution in [0.3, 0.4) is 0 Å². The highest BCUT2D eigenvalue weighted by Gasteiger charge is 2.30. The van der Waals surface area contributed by atoms with Gasteiger partial charge in [0.1, 0.15) is 5.75 Å². The summed E-state index contributed by atoms with van der Waals surface area (Å²) in [5.74, 6) is -0.245. The molecule has 0 saturated heterocycles. The molecule has 0 bridgehead atoms. The van der Waals surface area contributed by atoms with Gasteiger partial charge in [0.05, 0.1) is 6.26 Å². The molecule has 1 aromatic heterocycles. The van der Waals surface area contributed by atoms with Crippen molar-refractivity contribution in [3.63, 3.8) is 0 Å². The van der Waals surface area contributed by atoms with Gasteiger partial charge >= 0.3 is 6.36 Å². The summed E-state index contributed by atoms with van der Waals surface area (Å²) >= 11 is 0. The van der Waals surface area contributed by atoms with Crippen molar-refractivity contribution in [2.75, 3.05) is 18.4 Å². The molecular formula is C17H20F3IN4O3. The molecule has 1 amide bonds. The van der Waals surface area contributed by atoms with Crippen molar-refractivity contribution in [1.82, 2.24) is 5.32 Å². The van der Waals surface area contributed by atoms with E-state index < -0.39 is 6.36 Å². The zero-order valence-electron chi connectivity index (χ0n) is 14.9. The van der Waals surface area contributed by atoms with Crippen molar-refractivity contribution in [3.05, 3.63) is 47.9 Å². The van der Waals surface area contributed by atoms with E-state index in [4.69, 9.17) is 10.2 Å². The number of nitrogens with one attached hydrogen (secondary N) is 2. The highest BCUT2D eigenvalue weighted by atomic mass is 127. The molecule has 0 aliphatic heterocycles. The van der Waals surface area contributed by atoms with Gasteiger partial charge in [0.2, 0.25) is 0 Å². The summed E-state index contributed by atoms with van der Waals surface area (Å²) < 4.78 is 45.1. The van der Waals surface area contributed by atoms with Crippen LogP contribution in [-0.4, -0.2) is 31.3 Å². The third kappa shape index (κ3) is 8.06. The second-order valence-corrected chi connectivity index (χ2v) is 5.51. The number of benzene rings is 1. The third-order valence-corrected chi connectivity index (χ3v) is 3.33. The smallest absolute Gasteiger partial charge is 0.459 e. The van der Waals surface area contributed by atoms with Crippen LogP contribution in [0.2, 0.25) is 0 Å². The quantitative estimate of drug-likeness (QED) is 0.228. The number of carbonyl (C=O) groups is 1. The Morgan fingerprint density at radius 1 is 1.25 bits per heavy atom. The molecule has 154 valence electrons. The number of anilines is 1. The van der Waals surface area contributed by atoms with Crippen LogP contribution in [0.25, 0.3) is 0 Å². The summed E-state index contributed by atoms with van der Waals surface area (Å²) in [5, 5.41) is 5.46. The number of nitrogens with two attached hydrogens (primary N) is 1. The first-order valence-corrected chi connectivity index (χ1v) is 7.99. The summed E-state index contributed by atoms with van der Waals surface area (Å²) in [6.07, 6.45) is -2.74. The lowest BCUT2D eigenvalue weighted by Gasteiger charge is -2.10. The third-order valence-electron chi connectivity index (χ3n) is 3.33. The zero-order chi connectivity index (χ0) is 19.9. The normalized spacial score (nSPS) is 11.5. The fourth-order valence-electron chi connectivity index (χ4n) is 2.09. The van der Waals surface area contributed by atoms with Gasteiger partial charge in [0.15, 0.2) is 11.7 Å². The van der Waals surface area contributed by atoms with Gasteiger partial charge in [0.25, 0.3) is 5.91 Å². The van der Waals surface area contributed by atoms with E-state index in [0.717, 1.165) is 17.7 Å². The SMILES string of the molecule is Cc1ccoc1C(=O)NCCCN=C(N)Nc1ccc(OC(F)(F)F)cc1.I. The zero-order valence-corrected chi connectivity index (χ0v) is 17.2. The number of hydrogen-bond donors (Lipinski definition) is 3. The number of nitrogens with zero attached hydrogens (tertiary/aromatic N) is 1. The molecule has 2 aromatic rings. The average molecular weight is 512 g/mol. The van der Waals surface area contributed by atoms with Gasteiger partial charge in [-0.25, -0.2) is 0 Å². The van der Waals surface area contributed by atoms with Crippen molar-refractivity contribution in [2.45, 2.75) is 19.7 Å². The number of halogens is 4. The van der Waals surface area contributed by atoms with E-state index in [9.17, 15) is 18.0 Å². The number of ether oxygens (including phenoxy) is 1. The molecule has 0 spiro atoms. The van der Waals surface area contributed by atoms with E-state index in [1.54, 1.807) is 13.0 Å². The number of alkyl halides is 3. The molecule has 0 fully saturated rings. The number of aryl methyl sites for hydroxylation is 1. The highest BCUT2D eigenvalue weighted by Crippen LogP contribution is 2.23. The Balaban J connectivity index is 0.00000392. The number of furan rings is 1. The summed E-state index contributed by atoms with van der Waals surface area (Å²) in [7, 11) is 0. The lowest BCUT2D eigenvalue weighted by molar-refractivity contribution is -0.274. The Morgan fingerprint density at radius 3 is 2.50 bits per heavy atom. The first-order valence-electron chi connectivity index (χ1n) is 7.99. The van der Waals surface area contributed by atoms with Crippen molar-refractivity contribution in [3.8, 4) is 5.75 Å². The van der Waals surface area contributed by atoms with Gasteiger partial charge in [-0.15, -0.1) is 37.1 Å². The van der Waals surface area contributed by atoms with Gasteiger partial charge in [0, 0.05) is 24.3 Å². The minimum Gasteiger partial charge on any atom is -0.459 e. The monoisotopic (exact) mass is 512 g/mol. The number of rotatable bonds is 7. The predicted octanol–water partition coefficient (Wildman–Crippen LogP) is 3.65.